The SMILES string of the molecule is CC(c1cccnc1)n1cc(-c2ccc(=O)n(C)c2)cn1. The number of hydrogen-bond donors (Lipinski definition) is 0. The lowest BCUT2D eigenvalue weighted by atomic mass is 10.1. The second kappa shape index (κ2) is 5.36. The van der Waals surface area contributed by atoms with Crippen LogP contribution in [0, 0.1) is 0 Å². The Morgan fingerprint density at radius 2 is 1.95 bits per heavy atom. The molecule has 0 N–H and O–H groups in total. The summed E-state index contributed by atoms with van der Waals surface area (Å²) in [5, 5.41) is 4.42. The van der Waals surface area contributed by atoms with E-state index < -0.39 is 0 Å². The van der Waals surface area contributed by atoms with E-state index in [4.69, 9.17) is 0 Å². The zero-order valence-corrected chi connectivity index (χ0v) is 12.0. The summed E-state index contributed by atoms with van der Waals surface area (Å²) in [6.45, 7) is 2.08. The summed E-state index contributed by atoms with van der Waals surface area (Å²) in [6, 6.07) is 7.45. The molecule has 0 bridgehead atoms. The van der Waals surface area contributed by atoms with Gasteiger partial charge in [0, 0.05) is 49.0 Å². The molecule has 0 radical (unpaired) electrons. The maximum atomic E-state index is 11.4. The van der Waals surface area contributed by atoms with E-state index in [1.807, 2.05) is 47.7 Å². The Hall–Kier alpha value is -2.69. The Bertz CT molecular complexity index is 804. The molecule has 0 saturated carbocycles. The monoisotopic (exact) mass is 280 g/mol. The van der Waals surface area contributed by atoms with Gasteiger partial charge in [-0.3, -0.25) is 14.5 Å². The third-order valence-electron chi connectivity index (χ3n) is 3.58. The van der Waals surface area contributed by atoms with E-state index in [9.17, 15) is 4.79 Å². The van der Waals surface area contributed by atoms with Gasteiger partial charge in [-0.25, -0.2) is 0 Å². The summed E-state index contributed by atoms with van der Waals surface area (Å²) in [6.07, 6.45) is 9.22. The van der Waals surface area contributed by atoms with Crippen LogP contribution in [0.4, 0.5) is 0 Å². The molecule has 0 aromatic carbocycles. The first-order chi connectivity index (χ1) is 10.1. The van der Waals surface area contributed by atoms with Gasteiger partial charge < -0.3 is 4.57 Å². The summed E-state index contributed by atoms with van der Waals surface area (Å²) >= 11 is 0. The van der Waals surface area contributed by atoms with Crippen molar-refractivity contribution in [2.24, 2.45) is 7.05 Å². The van der Waals surface area contributed by atoms with Gasteiger partial charge in [0.05, 0.1) is 12.2 Å². The zero-order valence-electron chi connectivity index (χ0n) is 12.0. The molecule has 3 aromatic heterocycles. The number of hydrogen-bond acceptors (Lipinski definition) is 3. The summed E-state index contributed by atoms with van der Waals surface area (Å²) < 4.78 is 3.47. The predicted molar refractivity (Wildman–Crippen MR) is 81.0 cm³/mol. The van der Waals surface area contributed by atoms with Crippen molar-refractivity contribution in [2.45, 2.75) is 13.0 Å². The van der Waals surface area contributed by atoms with Gasteiger partial charge in [-0.15, -0.1) is 0 Å². The van der Waals surface area contributed by atoms with Crippen LogP contribution in [0.5, 0.6) is 0 Å². The molecule has 106 valence electrons. The second-order valence-electron chi connectivity index (χ2n) is 5.04. The summed E-state index contributed by atoms with van der Waals surface area (Å²) in [5.41, 5.74) is 3.05. The topological polar surface area (TPSA) is 52.7 Å². The lowest BCUT2D eigenvalue weighted by Gasteiger charge is -2.11. The minimum absolute atomic E-state index is 0.0186. The van der Waals surface area contributed by atoms with Gasteiger partial charge in [-0.05, 0) is 24.6 Å². The van der Waals surface area contributed by atoms with Gasteiger partial charge in [0.2, 0.25) is 5.56 Å². The average Bonchev–Trinajstić information content (AvgIpc) is 3.00. The van der Waals surface area contributed by atoms with Gasteiger partial charge in [-0.2, -0.15) is 5.10 Å². The minimum Gasteiger partial charge on any atom is -0.318 e. The third-order valence-corrected chi connectivity index (χ3v) is 3.58. The fraction of sp³-hybridized carbons (Fsp3) is 0.188. The smallest absolute Gasteiger partial charge is 0.250 e. The molecule has 0 spiro atoms. The fourth-order valence-corrected chi connectivity index (χ4v) is 2.24. The molecule has 0 saturated heterocycles. The van der Waals surface area contributed by atoms with E-state index in [0.717, 1.165) is 16.7 Å². The molecule has 5 nitrogen and oxygen atoms in total. The Balaban J connectivity index is 1.93. The summed E-state index contributed by atoms with van der Waals surface area (Å²) in [4.78, 5) is 15.6. The Morgan fingerprint density at radius 1 is 1.10 bits per heavy atom. The maximum Gasteiger partial charge on any atom is 0.250 e. The van der Waals surface area contributed by atoms with E-state index in [1.54, 1.807) is 23.9 Å². The highest BCUT2D eigenvalue weighted by molar-refractivity contribution is 5.60. The number of nitrogens with zero attached hydrogens (tertiary/aromatic N) is 4. The second-order valence-corrected chi connectivity index (χ2v) is 5.04. The van der Waals surface area contributed by atoms with E-state index in [0.29, 0.717) is 0 Å². The number of aromatic nitrogens is 4. The molecule has 0 aliphatic rings. The molecule has 5 heteroatoms. The molecule has 3 rings (SSSR count). The van der Waals surface area contributed by atoms with Crippen LogP contribution in [0.1, 0.15) is 18.5 Å². The van der Waals surface area contributed by atoms with Crippen molar-refractivity contribution in [2.75, 3.05) is 0 Å². The zero-order chi connectivity index (χ0) is 14.8. The first-order valence-electron chi connectivity index (χ1n) is 6.76. The average molecular weight is 280 g/mol. The van der Waals surface area contributed by atoms with Crippen LogP contribution < -0.4 is 5.56 Å². The van der Waals surface area contributed by atoms with Crippen molar-refractivity contribution in [1.29, 1.82) is 0 Å². The molecular weight excluding hydrogens is 264 g/mol. The normalized spacial score (nSPS) is 12.3. The fourth-order valence-electron chi connectivity index (χ4n) is 2.24. The minimum atomic E-state index is -0.0186. The van der Waals surface area contributed by atoms with E-state index in [2.05, 4.69) is 17.0 Å². The Kier molecular flexibility index (Phi) is 3.39. The molecule has 0 aliphatic carbocycles. The van der Waals surface area contributed by atoms with E-state index in [-0.39, 0.29) is 11.6 Å². The first-order valence-corrected chi connectivity index (χ1v) is 6.76. The van der Waals surface area contributed by atoms with Crippen molar-refractivity contribution in [3.05, 3.63) is 71.2 Å². The van der Waals surface area contributed by atoms with Gasteiger partial charge in [0.15, 0.2) is 0 Å². The van der Waals surface area contributed by atoms with Crippen LogP contribution in [0.25, 0.3) is 11.1 Å². The molecule has 0 amide bonds. The van der Waals surface area contributed by atoms with Gasteiger partial charge in [0.1, 0.15) is 0 Å². The van der Waals surface area contributed by atoms with E-state index >= 15 is 0 Å². The van der Waals surface area contributed by atoms with Crippen LogP contribution in [0.2, 0.25) is 0 Å². The molecule has 1 unspecified atom stereocenters. The van der Waals surface area contributed by atoms with Crippen molar-refractivity contribution >= 4 is 0 Å². The molecule has 3 aromatic rings. The third kappa shape index (κ3) is 2.63. The van der Waals surface area contributed by atoms with Crippen LogP contribution >= 0.6 is 0 Å². The van der Waals surface area contributed by atoms with Crippen LogP contribution in [-0.2, 0) is 7.05 Å². The van der Waals surface area contributed by atoms with Crippen LogP contribution in [0.3, 0.4) is 0 Å². The number of pyridine rings is 2. The Morgan fingerprint density at radius 3 is 2.67 bits per heavy atom. The summed E-state index contributed by atoms with van der Waals surface area (Å²) in [5.74, 6) is 0. The standard InChI is InChI=1S/C16H16N4O/c1-12(13-4-3-7-17-8-13)20-11-15(9-18-20)14-5-6-16(21)19(2)10-14/h3-12H,1-2H3. The lowest BCUT2D eigenvalue weighted by Crippen LogP contribution is -2.13. The van der Waals surface area contributed by atoms with Crippen LogP contribution in [-0.4, -0.2) is 19.3 Å². The highest BCUT2D eigenvalue weighted by atomic mass is 16.1. The summed E-state index contributed by atoms with van der Waals surface area (Å²) in [7, 11) is 1.74. The van der Waals surface area contributed by atoms with Gasteiger partial charge in [-0.1, -0.05) is 6.07 Å². The molecule has 0 fully saturated rings. The predicted octanol–water partition coefficient (Wildman–Crippen LogP) is 2.25. The molecule has 0 aliphatic heterocycles. The first kappa shape index (κ1) is 13.3. The lowest BCUT2D eigenvalue weighted by molar-refractivity contribution is 0.563. The molecular formula is C16H16N4O. The van der Waals surface area contributed by atoms with Crippen molar-refractivity contribution < 1.29 is 0 Å². The van der Waals surface area contributed by atoms with E-state index in [1.165, 1.54) is 0 Å². The largest absolute Gasteiger partial charge is 0.318 e. The van der Waals surface area contributed by atoms with Crippen molar-refractivity contribution in [1.82, 2.24) is 19.3 Å². The maximum absolute atomic E-state index is 11.4. The highest BCUT2D eigenvalue weighted by Gasteiger charge is 2.10. The van der Waals surface area contributed by atoms with Crippen LogP contribution in [0.15, 0.2) is 60.0 Å². The van der Waals surface area contributed by atoms with Crippen molar-refractivity contribution in [3.8, 4) is 11.1 Å². The quantitative estimate of drug-likeness (QED) is 0.739. The molecule has 3 heterocycles. The number of aryl methyl sites for hydroxylation is 1. The van der Waals surface area contributed by atoms with Gasteiger partial charge >= 0.3 is 0 Å². The Labute approximate surface area is 122 Å². The van der Waals surface area contributed by atoms with Crippen molar-refractivity contribution in [3.63, 3.8) is 0 Å². The number of rotatable bonds is 3. The molecule has 1 atom stereocenters. The highest BCUT2D eigenvalue weighted by Crippen LogP contribution is 2.21. The molecule has 21 heavy (non-hydrogen) atoms. The van der Waals surface area contributed by atoms with Gasteiger partial charge in [0.25, 0.3) is 0 Å².